The Labute approximate surface area is 115 Å². The van der Waals surface area contributed by atoms with Crippen LogP contribution < -0.4 is 0 Å². The molecule has 0 N–H and O–H groups in total. The van der Waals surface area contributed by atoms with Gasteiger partial charge in [0.2, 0.25) is 0 Å². The van der Waals surface area contributed by atoms with E-state index >= 15 is 0 Å². The van der Waals surface area contributed by atoms with Gasteiger partial charge in [-0.3, -0.25) is 0 Å². The van der Waals surface area contributed by atoms with Crippen LogP contribution in [0.2, 0.25) is 0 Å². The van der Waals surface area contributed by atoms with Gasteiger partial charge in [-0.05, 0) is 18.6 Å². The lowest BCUT2D eigenvalue weighted by molar-refractivity contribution is -0.0267. The Kier molecular flexibility index (Phi) is 5.41. The van der Waals surface area contributed by atoms with E-state index in [1.807, 2.05) is 18.2 Å². The van der Waals surface area contributed by atoms with Crippen molar-refractivity contribution in [1.29, 1.82) is 0 Å². The van der Waals surface area contributed by atoms with Gasteiger partial charge in [0.15, 0.2) is 0 Å². The number of ether oxygens (including phenoxy) is 2. The van der Waals surface area contributed by atoms with Crippen molar-refractivity contribution in [2.45, 2.75) is 18.6 Å². The van der Waals surface area contributed by atoms with Gasteiger partial charge in [-0.25, -0.2) is 4.79 Å². The molecule has 0 radical (unpaired) electrons. The van der Waals surface area contributed by atoms with Crippen molar-refractivity contribution in [2.24, 2.45) is 0 Å². The van der Waals surface area contributed by atoms with Gasteiger partial charge in [0.05, 0.1) is 5.56 Å². The molecule has 1 fully saturated rings. The number of hydrogen-bond acceptors (Lipinski definition) is 5. The largest absolute Gasteiger partial charge is 0.456 e. The van der Waals surface area contributed by atoms with Crippen LogP contribution in [0.4, 0.5) is 0 Å². The van der Waals surface area contributed by atoms with Crippen LogP contribution in [-0.4, -0.2) is 36.8 Å². The number of rotatable bonds is 3. The molecule has 2 rings (SSSR count). The maximum atomic E-state index is 12.0. The maximum absolute atomic E-state index is 12.0. The molecule has 0 aliphatic carbocycles. The first-order chi connectivity index (χ1) is 8.81. The highest BCUT2D eigenvalue weighted by Gasteiger charge is 2.27. The van der Waals surface area contributed by atoms with E-state index in [1.165, 1.54) is 0 Å². The topological polar surface area (TPSA) is 35.5 Å². The number of methoxy groups -OCH3 is 1. The van der Waals surface area contributed by atoms with Crippen LogP contribution in [0.5, 0.6) is 0 Å². The van der Waals surface area contributed by atoms with E-state index in [2.05, 4.69) is 0 Å². The molecule has 1 saturated heterocycles. The minimum atomic E-state index is -0.264. The summed E-state index contributed by atoms with van der Waals surface area (Å²) in [6.07, 6.45) is 0.678. The van der Waals surface area contributed by atoms with Gasteiger partial charge in [-0.2, -0.15) is 0 Å². The predicted octanol–water partition coefficient (Wildman–Crippen LogP) is 3.01. The van der Waals surface area contributed by atoms with Gasteiger partial charge < -0.3 is 9.47 Å². The Morgan fingerprint density at radius 1 is 1.22 bits per heavy atom. The second-order valence-electron chi connectivity index (χ2n) is 3.98. The molecule has 0 aromatic heterocycles. The summed E-state index contributed by atoms with van der Waals surface area (Å²) < 4.78 is 11.0. The van der Waals surface area contributed by atoms with E-state index in [0.29, 0.717) is 5.56 Å². The third-order valence-electron chi connectivity index (χ3n) is 2.79. The summed E-state index contributed by atoms with van der Waals surface area (Å²) in [5.41, 5.74) is 0.594. The molecule has 1 aliphatic heterocycles. The van der Waals surface area contributed by atoms with Gasteiger partial charge in [0, 0.05) is 18.6 Å². The minimum Gasteiger partial charge on any atom is -0.456 e. The summed E-state index contributed by atoms with van der Waals surface area (Å²) >= 11 is 0. The molecular weight excluding hydrogens is 268 g/mol. The van der Waals surface area contributed by atoms with E-state index < -0.39 is 0 Å². The monoisotopic (exact) mass is 284 g/mol. The molecule has 1 aromatic rings. The first-order valence-corrected chi connectivity index (χ1v) is 8.33. The quantitative estimate of drug-likeness (QED) is 0.630. The van der Waals surface area contributed by atoms with Crippen LogP contribution in [0.25, 0.3) is 0 Å². The summed E-state index contributed by atoms with van der Waals surface area (Å²) in [4.78, 5) is 12.0. The number of hydrogen-bond donors (Lipinski definition) is 0. The van der Waals surface area contributed by atoms with Gasteiger partial charge in [0.25, 0.3) is 0 Å². The van der Waals surface area contributed by atoms with Gasteiger partial charge in [-0.15, -0.1) is 0 Å². The average Bonchev–Trinajstić information content (AvgIpc) is 2.64. The smallest absolute Gasteiger partial charge is 0.338 e. The maximum Gasteiger partial charge on any atom is 0.338 e. The molecule has 2 atom stereocenters. The average molecular weight is 284 g/mol. The highest BCUT2D eigenvalue weighted by Crippen LogP contribution is 2.31. The Morgan fingerprint density at radius 3 is 2.72 bits per heavy atom. The zero-order chi connectivity index (χ0) is 12.8. The lowest BCUT2D eigenvalue weighted by Gasteiger charge is -2.23. The van der Waals surface area contributed by atoms with Crippen molar-refractivity contribution >= 4 is 27.6 Å². The third-order valence-corrected chi connectivity index (χ3v) is 5.23. The molecule has 0 spiro atoms. The van der Waals surface area contributed by atoms with Crippen molar-refractivity contribution in [1.82, 2.24) is 0 Å². The van der Waals surface area contributed by atoms with Crippen LogP contribution in [-0.2, 0) is 9.47 Å². The Morgan fingerprint density at radius 2 is 2.00 bits per heavy atom. The Hall–Kier alpha value is -0.650. The highest BCUT2D eigenvalue weighted by molar-refractivity contribution is 8.76. The molecular formula is C13H16O3S2. The standard InChI is InChI=1S/C13H16O3S2/c1-15-12-9-18-17-8-7-11(12)16-13(14)10-5-3-2-4-6-10/h2-6,11-12H,7-9H2,1H3. The summed E-state index contributed by atoms with van der Waals surface area (Å²) in [6.45, 7) is 0. The first kappa shape index (κ1) is 13.8. The Balaban J connectivity index is 2.00. The van der Waals surface area contributed by atoms with Crippen molar-refractivity contribution < 1.29 is 14.3 Å². The summed E-state index contributed by atoms with van der Waals surface area (Å²) in [6, 6.07) is 9.09. The number of carbonyl (C=O) groups is 1. The van der Waals surface area contributed by atoms with Crippen LogP contribution in [0.1, 0.15) is 16.8 Å². The van der Waals surface area contributed by atoms with E-state index in [9.17, 15) is 4.79 Å². The fourth-order valence-corrected chi connectivity index (χ4v) is 4.13. The second kappa shape index (κ2) is 7.07. The SMILES string of the molecule is COC1CSSCCC1OC(=O)c1ccccc1. The normalized spacial score (nSPS) is 24.3. The van der Waals surface area contributed by atoms with Gasteiger partial charge >= 0.3 is 5.97 Å². The molecule has 0 bridgehead atoms. The minimum absolute atomic E-state index is 0.0161. The fourth-order valence-electron chi connectivity index (χ4n) is 1.77. The molecule has 3 nitrogen and oxygen atoms in total. The van der Waals surface area contributed by atoms with Crippen molar-refractivity contribution in [2.75, 3.05) is 18.6 Å². The molecule has 0 amide bonds. The molecule has 5 heteroatoms. The van der Waals surface area contributed by atoms with Crippen LogP contribution in [0.15, 0.2) is 30.3 Å². The lowest BCUT2D eigenvalue weighted by atomic mass is 10.1. The highest BCUT2D eigenvalue weighted by atomic mass is 33.1. The second-order valence-corrected chi connectivity index (χ2v) is 6.61. The molecule has 1 aromatic carbocycles. The van der Waals surface area contributed by atoms with Gasteiger partial charge in [-0.1, -0.05) is 39.8 Å². The van der Waals surface area contributed by atoms with E-state index in [0.717, 1.165) is 17.9 Å². The molecule has 2 unspecified atom stereocenters. The fraction of sp³-hybridized carbons (Fsp3) is 0.462. The summed E-state index contributed by atoms with van der Waals surface area (Å²) in [5, 5.41) is 0. The molecule has 98 valence electrons. The third kappa shape index (κ3) is 3.67. The van der Waals surface area contributed by atoms with E-state index in [-0.39, 0.29) is 18.2 Å². The van der Waals surface area contributed by atoms with E-state index in [1.54, 1.807) is 40.8 Å². The number of carbonyl (C=O) groups excluding carboxylic acids is 1. The lowest BCUT2D eigenvalue weighted by Crippen LogP contribution is -2.34. The number of esters is 1. The van der Waals surface area contributed by atoms with Crippen LogP contribution >= 0.6 is 21.6 Å². The zero-order valence-corrected chi connectivity index (χ0v) is 11.8. The van der Waals surface area contributed by atoms with Crippen molar-refractivity contribution in [3.05, 3.63) is 35.9 Å². The van der Waals surface area contributed by atoms with Crippen LogP contribution in [0, 0.1) is 0 Å². The summed E-state index contributed by atoms with van der Waals surface area (Å²) in [5.74, 6) is 1.57. The van der Waals surface area contributed by atoms with Gasteiger partial charge in [0.1, 0.15) is 12.2 Å². The van der Waals surface area contributed by atoms with E-state index in [4.69, 9.17) is 9.47 Å². The Bertz CT molecular complexity index is 383. The molecule has 18 heavy (non-hydrogen) atoms. The first-order valence-electron chi connectivity index (χ1n) is 5.84. The predicted molar refractivity (Wildman–Crippen MR) is 76.0 cm³/mol. The van der Waals surface area contributed by atoms with Crippen molar-refractivity contribution in [3.63, 3.8) is 0 Å². The van der Waals surface area contributed by atoms with Crippen molar-refractivity contribution in [3.8, 4) is 0 Å². The molecule has 1 heterocycles. The van der Waals surface area contributed by atoms with Crippen LogP contribution in [0.3, 0.4) is 0 Å². The number of benzene rings is 1. The molecule has 0 saturated carbocycles. The summed E-state index contributed by atoms with van der Waals surface area (Å²) in [7, 11) is 5.25. The molecule has 1 aliphatic rings. The zero-order valence-electron chi connectivity index (χ0n) is 10.2.